The largest absolute Gasteiger partial charge is 0.299 e. The zero-order chi connectivity index (χ0) is 19.9. The molecule has 28 heavy (non-hydrogen) atoms. The van der Waals surface area contributed by atoms with Crippen LogP contribution in [0, 0.1) is 5.92 Å². The standard InChI is InChI=1S/C22H26N2O3S/c1-28(27)18-8-6-17(7-9-18)19(14-16-4-2-3-5-16)21(25)10-11-22(26)20-15-23-12-13-24-20/h6-9,12-13,15-16,19H,2-5,10-11,14H2,1H3. The number of benzene rings is 1. The quantitative estimate of drug-likeness (QED) is 0.594. The molecular weight excluding hydrogens is 372 g/mol. The van der Waals surface area contributed by atoms with E-state index in [1.165, 1.54) is 44.3 Å². The van der Waals surface area contributed by atoms with E-state index in [0.717, 1.165) is 16.9 Å². The SMILES string of the molecule is CS(=O)c1ccc(C(CC2CCCC2)C(=O)CCC(=O)c2cnccn2)cc1. The van der Waals surface area contributed by atoms with E-state index in [0.29, 0.717) is 11.6 Å². The monoisotopic (exact) mass is 398 g/mol. The molecule has 2 unspecified atom stereocenters. The van der Waals surface area contributed by atoms with E-state index in [-0.39, 0.29) is 30.3 Å². The number of hydrogen-bond donors (Lipinski definition) is 0. The molecule has 1 aromatic carbocycles. The van der Waals surface area contributed by atoms with Gasteiger partial charge in [-0.2, -0.15) is 0 Å². The lowest BCUT2D eigenvalue weighted by molar-refractivity contribution is -0.120. The molecule has 5 nitrogen and oxygen atoms in total. The molecule has 0 N–H and O–H groups in total. The maximum absolute atomic E-state index is 13.0. The number of ketones is 2. The number of Topliss-reactive ketones (excluding diaryl/α,β-unsaturated/α-hetero) is 2. The fraction of sp³-hybridized carbons (Fsp3) is 0.455. The molecule has 0 spiro atoms. The molecule has 148 valence electrons. The van der Waals surface area contributed by atoms with Crippen molar-refractivity contribution < 1.29 is 13.8 Å². The van der Waals surface area contributed by atoms with Gasteiger partial charge in [-0.1, -0.05) is 37.8 Å². The minimum absolute atomic E-state index is 0.0921. The molecule has 1 aromatic heterocycles. The fourth-order valence-corrected chi connectivity index (χ4v) is 4.43. The Morgan fingerprint density at radius 1 is 1.11 bits per heavy atom. The van der Waals surface area contributed by atoms with E-state index in [1.807, 2.05) is 24.3 Å². The van der Waals surface area contributed by atoms with Gasteiger partial charge in [0.1, 0.15) is 11.5 Å². The highest BCUT2D eigenvalue weighted by Gasteiger charge is 2.27. The van der Waals surface area contributed by atoms with Crippen molar-refractivity contribution in [2.75, 3.05) is 6.26 Å². The summed E-state index contributed by atoms with van der Waals surface area (Å²) in [6.07, 6.45) is 12.1. The second-order valence-corrected chi connectivity index (χ2v) is 8.82. The van der Waals surface area contributed by atoms with Gasteiger partial charge >= 0.3 is 0 Å². The molecule has 1 aliphatic rings. The van der Waals surface area contributed by atoms with Gasteiger partial charge in [0.25, 0.3) is 0 Å². The summed E-state index contributed by atoms with van der Waals surface area (Å²) < 4.78 is 11.6. The molecule has 0 saturated heterocycles. The summed E-state index contributed by atoms with van der Waals surface area (Å²) in [7, 11) is -1.04. The Bertz CT molecular complexity index is 831. The van der Waals surface area contributed by atoms with E-state index >= 15 is 0 Å². The third-order valence-corrected chi connectivity index (χ3v) is 6.43. The maximum Gasteiger partial charge on any atom is 0.183 e. The molecule has 1 saturated carbocycles. The average molecular weight is 399 g/mol. The first-order chi connectivity index (χ1) is 13.5. The number of rotatable bonds is 9. The van der Waals surface area contributed by atoms with Gasteiger partial charge in [0, 0.05) is 53.1 Å². The Morgan fingerprint density at radius 3 is 2.43 bits per heavy atom. The summed E-state index contributed by atoms with van der Waals surface area (Å²) in [4.78, 5) is 34.0. The fourth-order valence-electron chi connectivity index (χ4n) is 3.91. The van der Waals surface area contributed by atoms with Crippen LogP contribution in [-0.2, 0) is 15.6 Å². The van der Waals surface area contributed by atoms with Crippen LogP contribution in [0.2, 0.25) is 0 Å². The minimum atomic E-state index is -1.04. The van der Waals surface area contributed by atoms with E-state index in [2.05, 4.69) is 9.97 Å². The Labute approximate surface area is 168 Å². The predicted octanol–water partition coefficient (Wildman–Crippen LogP) is 4.11. The lowest BCUT2D eigenvalue weighted by Gasteiger charge is -2.20. The summed E-state index contributed by atoms with van der Waals surface area (Å²) in [6, 6.07) is 7.51. The summed E-state index contributed by atoms with van der Waals surface area (Å²) >= 11 is 0. The van der Waals surface area contributed by atoms with Gasteiger partial charge in [0.2, 0.25) is 0 Å². The maximum atomic E-state index is 13.0. The van der Waals surface area contributed by atoms with Gasteiger partial charge in [0.05, 0.1) is 6.20 Å². The van der Waals surface area contributed by atoms with Gasteiger partial charge in [-0.25, -0.2) is 4.98 Å². The van der Waals surface area contributed by atoms with E-state index in [9.17, 15) is 13.8 Å². The van der Waals surface area contributed by atoms with Crippen LogP contribution in [0.3, 0.4) is 0 Å². The average Bonchev–Trinajstić information content (AvgIpc) is 3.24. The molecule has 1 aliphatic carbocycles. The highest BCUT2D eigenvalue weighted by atomic mass is 32.2. The van der Waals surface area contributed by atoms with Crippen LogP contribution in [0.25, 0.3) is 0 Å². The molecule has 0 aliphatic heterocycles. The zero-order valence-corrected chi connectivity index (χ0v) is 17.0. The summed E-state index contributed by atoms with van der Waals surface area (Å²) in [5.41, 5.74) is 1.26. The minimum Gasteiger partial charge on any atom is -0.299 e. The lowest BCUT2D eigenvalue weighted by atomic mass is 9.83. The van der Waals surface area contributed by atoms with Crippen LogP contribution in [0.1, 0.15) is 66.9 Å². The highest BCUT2D eigenvalue weighted by molar-refractivity contribution is 7.84. The molecule has 0 amide bonds. The second-order valence-electron chi connectivity index (χ2n) is 7.44. The number of carbonyl (C=O) groups excluding carboxylic acids is 2. The highest BCUT2D eigenvalue weighted by Crippen LogP contribution is 2.35. The van der Waals surface area contributed by atoms with Crippen LogP contribution in [-0.4, -0.2) is 32.0 Å². The van der Waals surface area contributed by atoms with Gasteiger partial charge < -0.3 is 0 Å². The van der Waals surface area contributed by atoms with Crippen molar-refractivity contribution in [1.29, 1.82) is 0 Å². The van der Waals surface area contributed by atoms with Crippen LogP contribution in [0.4, 0.5) is 0 Å². The van der Waals surface area contributed by atoms with Crippen molar-refractivity contribution in [3.8, 4) is 0 Å². The third-order valence-electron chi connectivity index (χ3n) is 5.49. The number of nitrogens with zero attached hydrogens (tertiary/aromatic N) is 2. The summed E-state index contributed by atoms with van der Waals surface area (Å²) in [5, 5.41) is 0. The Hall–Kier alpha value is -2.21. The summed E-state index contributed by atoms with van der Waals surface area (Å²) in [6.45, 7) is 0. The van der Waals surface area contributed by atoms with Crippen molar-refractivity contribution in [3.05, 3.63) is 54.1 Å². The van der Waals surface area contributed by atoms with Crippen molar-refractivity contribution in [1.82, 2.24) is 9.97 Å². The number of aromatic nitrogens is 2. The molecule has 1 heterocycles. The van der Waals surface area contributed by atoms with Crippen molar-refractivity contribution in [2.45, 2.75) is 55.8 Å². The Balaban J connectivity index is 1.70. The predicted molar refractivity (Wildman–Crippen MR) is 109 cm³/mol. The smallest absolute Gasteiger partial charge is 0.183 e. The van der Waals surface area contributed by atoms with Gasteiger partial charge in [-0.15, -0.1) is 0 Å². The Kier molecular flexibility index (Phi) is 7.20. The zero-order valence-electron chi connectivity index (χ0n) is 16.2. The number of carbonyl (C=O) groups is 2. The molecule has 0 bridgehead atoms. The second kappa shape index (κ2) is 9.82. The third kappa shape index (κ3) is 5.41. The van der Waals surface area contributed by atoms with E-state index < -0.39 is 10.8 Å². The number of hydrogen-bond acceptors (Lipinski definition) is 5. The van der Waals surface area contributed by atoms with E-state index in [4.69, 9.17) is 0 Å². The van der Waals surface area contributed by atoms with Crippen LogP contribution in [0.5, 0.6) is 0 Å². The van der Waals surface area contributed by atoms with Crippen molar-refractivity contribution in [3.63, 3.8) is 0 Å². The van der Waals surface area contributed by atoms with Crippen LogP contribution >= 0.6 is 0 Å². The Morgan fingerprint density at radius 2 is 1.82 bits per heavy atom. The van der Waals surface area contributed by atoms with Crippen LogP contribution < -0.4 is 0 Å². The molecule has 3 rings (SSSR count). The normalized spacial score (nSPS) is 16.6. The molecule has 2 aromatic rings. The first kappa shape index (κ1) is 20.5. The molecule has 1 fully saturated rings. The summed E-state index contributed by atoms with van der Waals surface area (Å²) in [5.74, 6) is 0.286. The van der Waals surface area contributed by atoms with Gasteiger partial charge in [-0.3, -0.25) is 18.8 Å². The molecule has 2 atom stereocenters. The first-order valence-corrected chi connectivity index (χ1v) is 11.4. The topological polar surface area (TPSA) is 77.0 Å². The molecule has 6 heteroatoms. The van der Waals surface area contributed by atoms with Gasteiger partial charge in [-0.05, 0) is 30.0 Å². The first-order valence-electron chi connectivity index (χ1n) is 9.80. The van der Waals surface area contributed by atoms with Gasteiger partial charge in [0.15, 0.2) is 5.78 Å². The van der Waals surface area contributed by atoms with Crippen molar-refractivity contribution in [2.24, 2.45) is 5.92 Å². The molecule has 0 radical (unpaired) electrons. The molecular formula is C22H26N2O3S. The lowest BCUT2D eigenvalue weighted by Crippen LogP contribution is -2.17. The van der Waals surface area contributed by atoms with Crippen molar-refractivity contribution >= 4 is 22.4 Å². The van der Waals surface area contributed by atoms with Crippen LogP contribution in [0.15, 0.2) is 47.8 Å². The van der Waals surface area contributed by atoms with E-state index in [1.54, 1.807) is 6.26 Å².